The van der Waals surface area contributed by atoms with Gasteiger partial charge in [0.05, 0.1) is 5.41 Å². The number of fused-ring (bicyclic) bond motifs is 1. The smallest absolute Gasteiger partial charge is 0.311 e. The van der Waals surface area contributed by atoms with Crippen molar-refractivity contribution >= 4 is 17.1 Å². The minimum absolute atomic E-state index is 0.250. The highest BCUT2D eigenvalue weighted by molar-refractivity contribution is 5.76. The summed E-state index contributed by atoms with van der Waals surface area (Å²) in [6.07, 6.45) is 1.39. The maximum atomic E-state index is 11.5. The van der Waals surface area contributed by atoms with E-state index in [0.29, 0.717) is 5.58 Å². The van der Waals surface area contributed by atoms with Gasteiger partial charge in [0.25, 0.3) is 0 Å². The summed E-state index contributed by atoms with van der Waals surface area (Å²) < 4.78 is 5.28. The van der Waals surface area contributed by atoms with Crippen molar-refractivity contribution in [2.75, 3.05) is 14.1 Å². The number of benzene rings is 1. The van der Waals surface area contributed by atoms with Crippen LogP contribution < -0.4 is 0 Å². The lowest BCUT2D eigenvalue weighted by Gasteiger charge is -2.35. The Morgan fingerprint density at radius 2 is 2.11 bits per heavy atom. The van der Waals surface area contributed by atoms with E-state index in [2.05, 4.69) is 4.98 Å². The Morgan fingerprint density at radius 3 is 2.68 bits per heavy atom. The first-order valence-corrected chi connectivity index (χ1v) is 6.07. The van der Waals surface area contributed by atoms with Crippen LogP contribution >= 0.6 is 0 Å². The van der Waals surface area contributed by atoms with E-state index in [1.807, 2.05) is 37.2 Å². The van der Waals surface area contributed by atoms with Gasteiger partial charge >= 0.3 is 5.97 Å². The number of oxazole rings is 1. The van der Waals surface area contributed by atoms with Gasteiger partial charge in [-0.05, 0) is 45.6 Å². The summed E-state index contributed by atoms with van der Waals surface area (Å²) in [6, 6.07) is 5.36. The van der Waals surface area contributed by atoms with E-state index < -0.39 is 11.4 Å². The number of carboxylic acids is 1. The van der Waals surface area contributed by atoms with Crippen LogP contribution in [0.5, 0.6) is 0 Å². The number of hydrogen-bond acceptors (Lipinski definition) is 4. The molecule has 2 aromatic rings. The van der Waals surface area contributed by atoms with Crippen molar-refractivity contribution in [1.82, 2.24) is 9.88 Å². The first-order valence-electron chi connectivity index (χ1n) is 6.07. The Bertz CT molecular complexity index is 602. The molecule has 1 heterocycles. The van der Waals surface area contributed by atoms with Crippen LogP contribution in [0.25, 0.3) is 11.1 Å². The molecule has 1 aromatic heterocycles. The standard InChI is InChI=1S/C14H18N2O3/c1-14(2,13(17)18)12(16(3)4)9-5-6-10-11(7-9)19-8-15-10/h5-8,12H,1-4H3,(H,17,18). The Kier molecular flexibility index (Phi) is 3.32. The van der Waals surface area contributed by atoms with Crippen molar-refractivity contribution in [1.29, 1.82) is 0 Å². The van der Waals surface area contributed by atoms with Gasteiger partial charge in [-0.25, -0.2) is 4.98 Å². The third kappa shape index (κ3) is 2.33. The fraction of sp³-hybridized carbons (Fsp3) is 0.429. The van der Waals surface area contributed by atoms with Gasteiger partial charge < -0.3 is 14.4 Å². The Morgan fingerprint density at radius 1 is 1.42 bits per heavy atom. The molecule has 2 rings (SSSR count). The van der Waals surface area contributed by atoms with E-state index in [0.717, 1.165) is 11.1 Å². The molecule has 0 fully saturated rings. The SMILES string of the molecule is CN(C)C(c1ccc2ncoc2c1)C(C)(C)C(=O)O. The zero-order valence-electron chi connectivity index (χ0n) is 11.5. The lowest BCUT2D eigenvalue weighted by molar-refractivity contribution is -0.150. The third-order valence-electron chi connectivity index (χ3n) is 3.42. The van der Waals surface area contributed by atoms with Gasteiger partial charge in [0.2, 0.25) is 0 Å². The fourth-order valence-corrected chi connectivity index (χ4v) is 2.52. The summed E-state index contributed by atoms with van der Waals surface area (Å²) in [6.45, 7) is 3.45. The lowest BCUT2D eigenvalue weighted by Crippen LogP contribution is -2.39. The van der Waals surface area contributed by atoms with Crippen molar-refractivity contribution < 1.29 is 14.3 Å². The average molecular weight is 262 g/mol. The topological polar surface area (TPSA) is 66.6 Å². The summed E-state index contributed by atoms with van der Waals surface area (Å²) in [5.74, 6) is -0.830. The highest BCUT2D eigenvalue weighted by Gasteiger charge is 2.39. The molecule has 0 radical (unpaired) electrons. The summed E-state index contributed by atoms with van der Waals surface area (Å²) in [7, 11) is 3.75. The predicted molar refractivity (Wildman–Crippen MR) is 71.9 cm³/mol. The second-order valence-corrected chi connectivity index (χ2v) is 5.47. The van der Waals surface area contributed by atoms with Crippen molar-refractivity contribution in [3.63, 3.8) is 0 Å². The number of carbonyl (C=O) groups is 1. The monoisotopic (exact) mass is 262 g/mol. The maximum absolute atomic E-state index is 11.5. The minimum atomic E-state index is -0.906. The second-order valence-electron chi connectivity index (χ2n) is 5.47. The van der Waals surface area contributed by atoms with E-state index >= 15 is 0 Å². The van der Waals surface area contributed by atoms with Crippen LogP contribution in [-0.2, 0) is 4.79 Å². The zero-order chi connectivity index (χ0) is 14.2. The van der Waals surface area contributed by atoms with Crippen molar-refractivity contribution in [2.45, 2.75) is 19.9 Å². The molecule has 0 bridgehead atoms. The molecule has 0 aliphatic rings. The Hall–Kier alpha value is -1.88. The van der Waals surface area contributed by atoms with Crippen LogP contribution in [-0.4, -0.2) is 35.1 Å². The largest absolute Gasteiger partial charge is 0.481 e. The molecule has 0 aliphatic heterocycles. The van der Waals surface area contributed by atoms with Gasteiger partial charge in [-0.15, -0.1) is 0 Å². The molecule has 0 aliphatic carbocycles. The first kappa shape index (κ1) is 13.5. The van der Waals surface area contributed by atoms with E-state index in [4.69, 9.17) is 4.42 Å². The minimum Gasteiger partial charge on any atom is -0.481 e. The van der Waals surface area contributed by atoms with E-state index in [-0.39, 0.29) is 6.04 Å². The van der Waals surface area contributed by atoms with Gasteiger partial charge in [0, 0.05) is 6.04 Å². The van der Waals surface area contributed by atoms with Gasteiger partial charge in [-0.2, -0.15) is 0 Å². The first-order chi connectivity index (χ1) is 8.84. The molecule has 1 aromatic carbocycles. The maximum Gasteiger partial charge on any atom is 0.311 e. The average Bonchev–Trinajstić information content (AvgIpc) is 2.75. The van der Waals surface area contributed by atoms with Gasteiger partial charge in [0.1, 0.15) is 5.52 Å². The van der Waals surface area contributed by atoms with Crippen molar-refractivity contribution in [3.05, 3.63) is 30.2 Å². The molecule has 0 saturated carbocycles. The third-order valence-corrected chi connectivity index (χ3v) is 3.42. The van der Waals surface area contributed by atoms with Crippen LogP contribution in [0.3, 0.4) is 0 Å². The molecule has 5 nitrogen and oxygen atoms in total. The second kappa shape index (κ2) is 4.66. The summed E-state index contributed by atoms with van der Waals surface area (Å²) >= 11 is 0. The number of carboxylic acid groups (broad SMARTS) is 1. The van der Waals surface area contributed by atoms with E-state index in [1.54, 1.807) is 13.8 Å². The number of aromatic nitrogens is 1. The van der Waals surface area contributed by atoms with Gasteiger partial charge in [0.15, 0.2) is 12.0 Å². The van der Waals surface area contributed by atoms with Gasteiger partial charge in [-0.3, -0.25) is 4.79 Å². The fourth-order valence-electron chi connectivity index (χ4n) is 2.52. The highest BCUT2D eigenvalue weighted by atomic mass is 16.4. The van der Waals surface area contributed by atoms with Crippen molar-refractivity contribution in [2.24, 2.45) is 5.41 Å². The summed E-state index contributed by atoms with van der Waals surface area (Å²) in [5.41, 5.74) is 1.44. The summed E-state index contributed by atoms with van der Waals surface area (Å²) in [5, 5.41) is 9.43. The van der Waals surface area contributed by atoms with Crippen LogP contribution in [0.2, 0.25) is 0 Å². The molecule has 19 heavy (non-hydrogen) atoms. The summed E-state index contributed by atoms with van der Waals surface area (Å²) in [4.78, 5) is 17.5. The highest BCUT2D eigenvalue weighted by Crippen LogP contribution is 2.38. The number of hydrogen-bond donors (Lipinski definition) is 1. The normalized spacial score (nSPS) is 13.9. The number of nitrogens with zero attached hydrogens (tertiary/aromatic N) is 2. The zero-order valence-corrected chi connectivity index (χ0v) is 11.5. The van der Waals surface area contributed by atoms with E-state index in [1.165, 1.54) is 6.39 Å². The lowest BCUT2D eigenvalue weighted by atomic mass is 9.79. The number of rotatable bonds is 4. The van der Waals surface area contributed by atoms with E-state index in [9.17, 15) is 9.90 Å². The van der Waals surface area contributed by atoms with Crippen LogP contribution in [0.15, 0.2) is 29.0 Å². The van der Waals surface area contributed by atoms with Gasteiger partial charge in [-0.1, -0.05) is 6.07 Å². The van der Waals surface area contributed by atoms with Crippen LogP contribution in [0, 0.1) is 5.41 Å². The van der Waals surface area contributed by atoms with Crippen LogP contribution in [0.1, 0.15) is 25.5 Å². The van der Waals surface area contributed by atoms with Crippen molar-refractivity contribution in [3.8, 4) is 0 Å². The molecule has 1 atom stereocenters. The Labute approximate surface area is 111 Å². The predicted octanol–water partition coefficient (Wildman–Crippen LogP) is 2.54. The molecular formula is C14H18N2O3. The molecular weight excluding hydrogens is 244 g/mol. The van der Waals surface area contributed by atoms with Crippen LogP contribution in [0.4, 0.5) is 0 Å². The molecule has 1 N–H and O–H groups in total. The Balaban J connectivity index is 2.52. The number of aliphatic carboxylic acids is 1. The molecule has 102 valence electrons. The molecule has 0 amide bonds. The molecule has 5 heteroatoms. The molecule has 0 spiro atoms. The quantitative estimate of drug-likeness (QED) is 0.917. The molecule has 0 saturated heterocycles. The molecule has 1 unspecified atom stereocenters.